The molecular formula is C14H19N3O4. The minimum absolute atomic E-state index is 0.0826. The van der Waals surface area contributed by atoms with Gasteiger partial charge in [0.1, 0.15) is 6.04 Å². The molecule has 0 spiro atoms. The highest BCUT2D eigenvalue weighted by Gasteiger charge is 2.50. The number of urea groups is 1. The second kappa shape index (κ2) is 5.53. The third-order valence-corrected chi connectivity index (χ3v) is 4.87. The van der Waals surface area contributed by atoms with Crippen LogP contribution in [0.5, 0.6) is 0 Å². The van der Waals surface area contributed by atoms with Crippen LogP contribution in [0.4, 0.5) is 4.79 Å². The molecule has 21 heavy (non-hydrogen) atoms. The van der Waals surface area contributed by atoms with E-state index in [0.717, 1.165) is 19.3 Å². The number of hydrogen-bond donors (Lipinski definition) is 1. The molecule has 0 aromatic heterocycles. The fraction of sp³-hybridized carbons (Fsp3) is 0.786. The normalized spacial score (nSPS) is 35.4. The number of rotatable bonds is 1. The first kappa shape index (κ1) is 14.1. The molecule has 1 saturated carbocycles. The smallest absolute Gasteiger partial charge is 0.326 e. The minimum atomic E-state index is -0.914. The molecule has 114 valence electrons. The topological polar surface area (TPSA) is 93.9 Å². The van der Waals surface area contributed by atoms with Crippen LogP contribution in [-0.4, -0.2) is 65.3 Å². The van der Waals surface area contributed by atoms with E-state index in [1.807, 2.05) is 6.07 Å². The van der Waals surface area contributed by atoms with Crippen molar-refractivity contribution in [3.63, 3.8) is 0 Å². The number of carboxylic acids is 1. The second-order valence-corrected chi connectivity index (χ2v) is 6.01. The third kappa shape index (κ3) is 2.44. The van der Waals surface area contributed by atoms with Gasteiger partial charge in [0.15, 0.2) is 6.10 Å². The molecular weight excluding hydrogens is 274 g/mol. The summed E-state index contributed by atoms with van der Waals surface area (Å²) in [6.07, 6.45) is 2.32. The van der Waals surface area contributed by atoms with Crippen molar-refractivity contribution in [2.24, 2.45) is 11.8 Å². The van der Waals surface area contributed by atoms with Crippen LogP contribution in [0.2, 0.25) is 0 Å². The van der Waals surface area contributed by atoms with E-state index in [1.54, 1.807) is 4.90 Å². The first-order valence-corrected chi connectivity index (χ1v) is 7.41. The van der Waals surface area contributed by atoms with Gasteiger partial charge in [0.25, 0.3) is 0 Å². The number of hydrogen-bond acceptors (Lipinski definition) is 4. The molecule has 2 saturated heterocycles. The predicted octanol–water partition coefficient (Wildman–Crippen LogP) is 0.516. The summed E-state index contributed by atoms with van der Waals surface area (Å²) in [5.74, 6) is -0.523. The maximum atomic E-state index is 12.6. The van der Waals surface area contributed by atoms with Crippen LogP contribution < -0.4 is 0 Å². The molecule has 3 rings (SSSR count). The monoisotopic (exact) mass is 293 g/mol. The molecule has 4 atom stereocenters. The van der Waals surface area contributed by atoms with E-state index in [1.165, 1.54) is 4.90 Å². The highest BCUT2D eigenvalue weighted by molar-refractivity contribution is 5.84. The van der Waals surface area contributed by atoms with E-state index in [2.05, 4.69) is 0 Å². The minimum Gasteiger partial charge on any atom is -0.480 e. The van der Waals surface area contributed by atoms with Crippen LogP contribution in [0.3, 0.4) is 0 Å². The summed E-state index contributed by atoms with van der Waals surface area (Å²) < 4.78 is 5.23. The molecule has 0 radical (unpaired) electrons. The lowest BCUT2D eigenvalue weighted by Crippen LogP contribution is -2.54. The zero-order valence-electron chi connectivity index (χ0n) is 11.8. The van der Waals surface area contributed by atoms with E-state index in [9.17, 15) is 14.7 Å². The van der Waals surface area contributed by atoms with Crippen molar-refractivity contribution in [1.29, 1.82) is 5.26 Å². The van der Waals surface area contributed by atoms with E-state index in [-0.39, 0.29) is 18.5 Å². The Morgan fingerprint density at radius 1 is 1.29 bits per heavy atom. The Morgan fingerprint density at radius 2 is 2.10 bits per heavy atom. The molecule has 1 N–H and O–H groups in total. The Labute approximate surface area is 123 Å². The summed E-state index contributed by atoms with van der Waals surface area (Å²) in [7, 11) is 0. The SMILES string of the molecule is N#CC1CN(C(=O)N2CC3CCCC3C2C(=O)O)CCO1. The average Bonchev–Trinajstić information content (AvgIpc) is 3.06. The Balaban J connectivity index is 1.74. The van der Waals surface area contributed by atoms with Gasteiger partial charge in [-0.2, -0.15) is 5.26 Å². The molecule has 3 aliphatic rings. The number of aliphatic carboxylic acids is 1. The van der Waals surface area contributed by atoms with Crippen molar-refractivity contribution in [2.45, 2.75) is 31.4 Å². The number of amides is 2. The molecule has 7 nitrogen and oxygen atoms in total. The molecule has 1 aliphatic carbocycles. The maximum Gasteiger partial charge on any atom is 0.326 e. The van der Waals surface area contributed by atoms with E-state index >= 15 is 0 Å². The van der Waals surface area contributed by atoms with Crippen molar-refractivity contribution >= 4 is 12.0 Å². The molecule has 2 heterocycles. The number of nitrogens with zero attached hydrogens (tertiary/aromatic N) is 3. The first-order chi connectivity index (χ1) is 10.1. The third-order valence-electron chi connectivity index (χ3n) is 4.87. The summed E-state index contributed by atoms with van der Waals surface area (Å²) in [4.78, 5) is 27.3. The van der Waals surface area contributed by atoms with E-state index in [0.29, 0.717) is 25.6 Å². The fourth-order valence-electron chi connectivity index (χ4n) is 3.90. The number of ether oxygens (including phenoxy) is 1. The standard InChI is InChI=1S/C14H19N3O4/c15-6-10-8-16(4-5-21-10)14(20)17-7-9-2-1-3-11(9)12(17)13(18)19/h9-12H,1-5,7-8H2,(H,18,19). The van der Waals surface area contributed by atoms with Crippen molar-refractivity contribution < 1.29 is 19.4 Å². The summed E-state index contributed by atoms with van der Waals surface area (Å²) in [6, 6.07) is 1.02. The summed E-state index contributed by atoms with van der Waals surface area (Å²) in [5.41, 5.74) is 0. The quantitative estimate of drug-likeness (QED) is 0.760. The number of carbonyl (C=O) groups excluding carboxylic acids is 1. The van der Waals surface area contributed by atoms with E-state index < -0.39 is 18.1 Å². The van der Waals surface area contributed by atoms with Crippen LogP contribution in [0.1, 0.15) is 19.3 Å². The Kier molecular flexibility index (Phi) is 3.72. The Morgan fingerprint density at radius 3 is 2.81 bits per heavy atom. The lowest BCUT2D eigenvalue weighted by Gasteiger charge is -2.35. The van der Waals surface area contributed by atoms with Crippen molar-refractivity contribution in [3.05, 3.63) is 0 Å². The lowest BCUT2D eigenvalue weighted by molar-refractivity contribution is -0.142. The van der Waals surface area contributed by atoms with Gasteiger partial charge in [0.05, 0.1) is 19.2 Å². The highest BCUT2D eigenvalue weighted by Crippen LogP contribution is 2.42. The number of fused-ring (bicyclic) bond motifs is 1. The highest BCUT2D eigenvalue weighted by atomic mass is 16.5. The second-order valence-electron chi connectivity index (χ2n) is 6.01. The molecule has 3 fully saturated rings. The van der Waals surface area contributed by atoms with Crippen LogP contribution in [0.15, 0.2) is 0 Å². The van der Waals surface area contributed by atoms with Gasteiger partial charge in [-0.25, -0.2) is 9.59 Å². The fourth-order valence-corrected chi connectivity index (χ4v) is 3.90. The summed E-state index contributed by atoms with van der Waals surface area (Å²) in [6.45, 7) is 1.47. The van der Waals surface area contributed by atoms with Crippen LogP contribution in [0, 0.1) is 23.2 Å². The first-order valence-electron chi connectivity index (χ1n) is 7.41. The largest absolute Gasteiger partial charge is 0.480 e. The number of likely N-dealkylation sites (tertiary alicyclic amines) is 1. The molecule has 0 aromatic carbocycles. The molecule has 2 aliphatic heterocycles. The molecule has 2 amide bonds. The molecule has 7 heteroatoms. The van der Waals surface area contributed by atoms with Gasteiger partial charge in [0.2, 0.25) is 0 Å². The van der Waals surface area contributed by atoms with Crippen molar-refractivity contribution in [2.75, 3.05) is 26.2 Å². The molecule has 0 bridgehead atoms. The maximum absolute atomic E-state index is 12.6. The van der Waals surface area contributed by atoms with Crippen molar-refractivity contribution in [1.82, 2.24) is 9.80 Å². The van der Waals surface area contributed by atoms with Gasteiger partial charge in [-0.05, 0) is 24.7 Å². The Hall–Kier alpha value is -1.81. The average molecular weight is 293 g/mol. The van der Waals surface area contributed by atoms with Gasteiger partial charge < -0.3 is 19.6 Å². The zero-order chi connectivity index (χ0) is 15.0. The predicted molar refractivity (Wildman–Crippen MR) is 71.3 cm³/mol. The number of carboxylic acid groups (broad SMARTS) is 1. The number of nitriles is 1. The van der Waals surface area contributed by atoms with Crippen LogP contribution in [-0.2, 0) is 9.53 Å². The van der Waals surface area contributed by atoms with Gasteiger partial charge in [-0.1, -0.05) is 6.42 Å². The van der Waals surface area contributed by atoms with Gasteiger partial charge in [-0.3, -0.25) is 0 Å². The van der Waals surface area contributed by atoms with Crippen LogP contribution in [0.25, 0.3) is 0 Å². The van der Waals surface area contributed by atoms with E-state index in [4.69, 9.17) is 10.00 Å². The summed E-state index contributed by atoms with van der Waals surface area (Å²) in [5, 5.41) is 18.4. The van der Waals surface area contributed by atoms with Crippen molar-refractivity contribution in [3.8, 4) is 6.07 Å². The Bertz CT molecular complexity index is 489. The summed E-state index contributed by atoms with van der Waals surface area (Å²) >= 11 is 0. The zero-order valence-corrected chi connectivity index (χ0v) is 11.8. The lowest BCUT2D eigenvalue weighted by atomic mass is 9.94. The van der Waals surface area contributed by atoms with Crippen LogP contribution >= 0.6 is 0 Å². The number of carbonyl (C=O) groups is 2. The van der Waals surface area contributed by atoms with Gasteiger partial charge in [0, 0.05) is 13.1 Å². The van der Waals surface area contributed by atoms with Gasteiger partial charge in [-0.15, -0.1) is 0 Å². The van der Waals surface area contributed by atoms with Gasteiger partial charge >= 0.3 is 12.0 Å². The molecule has 4 unspecified atom stereocenters. The molecule has 0 aromatic rings. The number of morpholine rings is 1.